The molecule has 3 heteroatoms. The van der Waals surface area contributed by atoms with E-state index >= 15 is 0 Å². The van der Waals surface area contributed by atoms with E-state index < -0.39 is 0 Å². The number of unbranched alkanes of at least 4 members (excludes halogenated alkanes) is 1. The second-order valence-corrected chi connectivity index (χ2v) is 2.85. The maximum Gasteiger partial charge on any atom is 0.202 e. The Balaban J connectivity index is 2.45. The highest BCUT2D eigenvalue weighted by molar-refractivity contribution is 5.27. The number of hydrogen-bond acceptors (Lipinski definition) is 2. The number of imidazole rings is 1. The Hall–Kier alpha value is -0.990. The first kappa shape index (κ1) is 9.10. The van der Waals surface area contributed by atoms with Crippen molar-refractivity contribution in [1.29, 1.82) is 0 Å². The van der Waals surface area contributed by atoms with E-state index in [1.165, 1.54) is 12.8 Å². The molecule has 0 spiro atoms. The van der Waals surface area contributed by atoms with Crippen LogP contribution in [0.15, 0.2) is 12.4 Å². The molecule has 0 aliphatic heterocycles. The highest BCUT2D eigenvalue weighted by atomic mass is 15.2. The average molecular weight is 167 g/mol. The summed E-state index contributed by atoms with van der Waals surface area (Å²) in [6, 6.07) is 0. The fourth-order valence-electron chi connectivity index (χ4n) is 1.19. The molecule has 0 radical (unpaired) electrons. The molecule has 0 atom stereocenters. The molecule has 3 nitrogen and oxygen atoms in total. The minimum Gasteiger partial charge on any atom is -0.343 e. The third-order valence-corrected chi connectivity index (χ3v) is 1.95. The molecule has 0 saturated carbocycles. The van der Waals surface area contributed by atoms with Gasteiger partial charge in [-0.25, -0.2) is 4.98 Å². The maximum atomic E-state index is 4.21. The number of aromatic amines is 1. The summed E-state index contributed by atoms with van der Waals surface area (Å²) in [4.78, 5) is 9.58. The third-order valence-electron chi connectivity index (χ3n) is 1.95. The molecule has 0 unspecified atom stereocenters. The van der Waals surface area contributed by atoms with E-state index in [-0.39, 0.29) is 0 Å². The molecule has 1 heterocycles. The van der Waals surface area contributed by atoms with Crippen LogP contribution in [0.5, 0.6) is 0 Å². The molecule has 0 aromatic carbocycles. The van der Waals surface area contributed by atoms with E-state index in [9.17, 15) is 0 Å². The Kier molecular flexibility index (Phi) is 3.64. The van der Waals surface area contributed by atoms with Crippen molar-refractivity contribution in [1.82, 2.24) is 9.97 Å². The smallest absolute Gasteiger partial charge is 0.202 e. The molecular weight excluding hydrogens is 150 g/mol. The summed E-state index contributed by atoms with van der Waals surface area (Å²) in [6.45, 7) is 6.47. The minimum atomic E-state index is 0.992. The second-order valence-electron chi connectivity index (χ2n) is 2.85. The van der Waals surface area contributed by atoms with Crippen molar-refractivity contribution in [2.75, 3.05) is 18.0 Å². The molecule has 0 fully saturated rings. The van der Waals surface area contributed by atoms with E-state index in [4.69, 9.17) is 0 Å². The summed E-state index contributed by atoms with van der Waals surface area (Å²) < 4.78 is 0. The van der Waals surface area contributed by atoms with Crippen molar-refractivity contribution < 1.29 is 0 Å². The molecule has 1 N–H and O–H groups in total. The van der Waals surface area contributed by atoms with E-state index in [1.807, 2.05) is 6.20 Å². The average Bonchev–Trinajstić information content (AvgIpc) is 2.59. The van der Waals surface area contributed by atoms with Crippen molar-refractivity contribution in [2.45, 2.75) is 26.7 Å². The lowest BCUT2D eigenvalue weighted by atomic mass is 10.3. The molecule has 0 amide bonds. The van der Waals surface area contributed by atoms with Crippen LogP contribution in [0.3, 0.4) is 0 Å². The summed E-state index contributed by atoms with van der Waals surface area (Å²) in [6.07, 6.45) is 6.12. The standard InChI is InChI=1S/C9H17N3/c1-3-5-8-12(4-2)9-10-6-7-11-9/h6-7H,3-5,8H2,1-2H3,(H,10,11). The van der Waals surface area contributed by atoms with Gasteiger partial charge in [0.1, 0.15) is 0 Å². The van der Waals surface area contributed by atoms with Crippen LogP contribution in [0.25, 0.3) is 0 Å². The number of nitrogens with zero attached hydrogens (tertiary/aromatic N) is 2. The van der Waals surface area contributed by atoms with Crippen LogP contribution >= 0.6 is 0 Å². The van der Waals surface area contributed by atoms with Crippen LogP contribution < -0.4 is 4.90 Å². The zero-order valence-corrected chi connectivity index (χ0v) is 7.88. The largest absolute Gasteiger partial charge is 0.343 e. The van der Waals surface area contributed by atoms with Crippen molar-refractivity contribution in [3.63, 3.8) is 0 Å². The number of rotatable bonds is 5. The van der Waals surface area contributed by atoms with Gasteiger partial charge in [-0.2, -0.15) is 0 Å². The number of aromatic nitrogens is 2. The first-order valence-corrected chi connectivity index (χ1v) is 4.62. The molecule has 0 saturated heterocycles. The van der Waals surface area contributed by atoms with Gasteiger partial charge < -0.3 is 9.88 Å². The van der Waals surface area contributed by atoms with Gasteiger partial charge in [-0.15, -0.1) is 0 Å². The lowest BCUT2D eigenvalue weighted by Gasteiger charge is -2.18. The molecule has 1 aromatic heterocycles. The van der Waals surface area contributed by atoms with Crippen molar-refractivity contribution >= 4 is 5.95 Å². The SMILES string of the molecule is CCCCN(CC)c1ncc[nH]1. The van der Waals surface area contributed by atoms with Gasteiger partial charge in [-0.05, 0) is 13.3 Å². The monoisotopic (exact) mass is 167 g/mol. The summed E-state index contributed by atoms with van der Waals surface area (Å²) in [7, 11) is 0. The minimum absolute atomic E-state index is 0.992. The number of H-pyrrole nitrogens is 1. The fourth-order valence-corrected chi connectivity index (χ4v) is 1.19. The quantitative estimate of drug-likeness (QED) is 0.727. The summed E-state index contributed by atoms with van der Waals surface area (Å²) in [5.41, 5.74) is 0. The summed E-state index contributed by atoms with van der Waals surface area (Å²) in [5, 5.41) is 0. The van der Waals surface area contributed by atoms with E-state index in [2.05, 4.69) is 28.7 Å². The summed E-state index contributed by atoms with van der Waals surface area (Å²) in [5.74, 6) is 0.992. The van der Waals surface area contributed by atoms with E-state index in [0.717, 1.165) is 19.0 Å². The molecule has 1 aromatic rings. The van der Waals surface area contributed by atoms with Gasteiger partial charge >= 0.3 is 0 Å². The van der Waals surface area contributed by atoms with Crippen LogP contribution in [0.2, 0.25) is 0 Å². The van der Waals surface area contributed by atoms with Gasteiger partial charge in [0.15, 0.2) is 0 Å². The van der Waals surface area contributed by atoms with Crippen molar-refractivity contribution in [3.05, 3.63) is 12.4 Å². The van der Waals surface area contributed by atoms with Crippen LogP contribution in [0.1, 0.15) is 26.7 Å². The molecule has 68 valence electrons. The topological polar surface area (TPSA) is 31.9 Å². The Morgan fingerprint density at radius 2 is 2.33 bits per heavy atom. The number of anilines is 1. The van der Waals surface area contributed by atoms with Crippen LogP contribution in [0.4, 0.5) is 5.95 Å². The Labute approximate surface area is 73.8 Å². The maximum absolute atomic E-state index is 4.21. The highest BCUT2D eigenvalue weighted by Gasteiger charge is 2.03. The molecule has 1 rings (SSSR count). The molecular formula is C9H17N3. The molecule has 0 aliphatic carbocycles. The van der Waals surface area contributed by atoms with Crippen LogP contribution in [-0.2, 0) is 0 Å². The van der Waals surface area contributed by atoms with E-state index in [0.29, 0.717) is 0 Å². The first-order chi connectivity index (χ1) is 5.88. The van der Waals surface area contributed by atoms with Gasteiger partial charge in [0.05, 0.1) is 0 Å². The van der Waals surface area contributed by atoms with Gasteiger partial charge in [-0.3, -0.25) is 0 Å². The Morgan fingerprint density at radius 3 is 2.83 bits per heavy atom. The van der Waals surface area contributed by atoms with Crippen LogP contribution in [-0.4, -0.2) is 23.1 Å². The first-order valence-electron chi connectivity index (χ1n) is 4.62. The zero-order valence-electron chi connectivity index (χ0n) is 7.88. The normalized spacial score (nSPS) is 10.2. The lowest BCUT2D eigenvalue weighted by molar-refractivity contribution is 0.718. The van der Waals surface area contributed by atoms with Crippen LogP contribution in [0, 0.1) is 0 Å². The van der Waals surface area contributed by atoms with Gasteiger partial charge in [0, 0.05) is 25.5 Å². The van der Waals surface area contributed by atoms with Crippen molar-refractivity contribution in [3.8, 4) is 0 Å². The molecule has 12 heavy (non-hydrogen) atoms. The van der Waals surface area contributed by atoms with Gasteiger partial charge in [-0.1, -0.05) is 13.3 Å². The predicted octanol–water partition coefficient (Wildman–Crippen LogP) is 2.04. The number of nitrogens with one attached hydrogen (secondary N) is 1. The lowest BCUT2D eigenvalue weighted by Crippen LogP contribution is -2.24. The van der Waals surface area contributed by atoms with Gasteiger partial charge in [0.25, 0.3) is 0 Å². The predicted molar refractivity (Wildman–Crippen MR) is 51.4 cm³/mol. The van der Waals surface area contributed by atoms with E-state index in [1.54, 1.807) is 6.20 Å². The highest BCUT2D eigenvalue weighted by Crippen LogP contribution is 2.06. The third kappa shape index (κ3) is 2.26. The Morgan fingerprint density at radius 1 is 1.50 bits per heavy atom. The Bertz CT molecular complexity index is 194. The molecule has 0 bridgehead atoms. The van der Waals surface area contributed by atoms with Gasteiger partial charge in [0.2, 0.25) is 5.95 Å². The second kappa shape index (κ2) is 4.80. The molecule has 0 aliphatic rings. The number of hydrogen-bond donors (Lipinski definition) is 1. The zero-order chi connectivity index (χ0) is 8.81. The summed E-state index contributed by atoms with van der Waals surface area (Å²) >= 11 is 0. The fraction of sp³-hybridized carbons (Fsp3) is 0.667. The van der Waals surface area contributed by atoms with Crippen molar-refractivity contribution in [2.24, 2.45) is 0 Å².